The lowest BCUT2D eigenvalue weighted by Gasteiger charge is -2.10. The summed E-state index contributed by atoms with van der Waals surface area (Å²) in [4.78, 5) is 24.8. The van der Waals surface area contributed by atoms with Crippen LogP contribution in [0.25, 0.3) is 11.4 Å². The summed E-state index contributed by atoms with van der Waals surface area (Å²) in [6.07, 6.45) is 1.48. The molecule has 25 heavy (non-hydrogen) atoms. The van der Waals surface area contributed by atoms with Gasteiger partial charge in [-0.2, -0.15) is 4.98 Å². The Labute approximate surface area is 143 Å². The Morgan fingerprint density at radius 1 is 1.28 bits per heavy atom. The Morgan fingerprint density at radius 2 is 2.08 bits per heavy atom. The molecule has 1 aromatic carbocycles. The molecule has 3 aromatic rings. The molecule has 0 aliphatic carbocycles. The van der Waals surface area contributed by atoms with E-state index < -0.39 is 6.04 Å². The van der Waals surface area contributed by atoms with E-state index in [1.165, 1.54) is 18.3 Å². The predicted octanol–water partition coefficient (Wildman–Crippen LogP) is 2.77. The van der Waals surface area contributed by atoms with Gasteiger partial charge in [-0.15, -0.1) is 0 Å². The highest BCUT2D eigenvalue weighted by Gasteiger charge is 2.20. The molecular weight excluding hydrogens is 325 g/mol. The van der Waals surface area contributed by atoms with Gasteiger partial charge in [0.2, 0.25) is 11.7 Å². The Hall–Kier alpha value is -3.16. The van der Waals surface area contributed by atoms with E-state index in [9.17, 15) is 9.18 Å². The summed E-state index contributed by atoms with van der Waals surface area (Å²) in [5, 5.41) is 6.59. The van der Waals surface area contributed by atoms with Gasteiger partial charge in [-0.1, -0.05) is 17.3 Å². The number of halogens is 1. The lowest BCUT2D eigenvalue weighted by atomic mass is 10.2. The molecule has 1 N–H and O–H groups in total. The second kappa shape index (κ2) is 6.76. The highest BCUT2D eigenvalue weighted by atomic mass is 19.1. The minimum absolute atomic E-state index is 0.221. The van der Waals surface area contributed by atoms with E-state index in [1.807, 2.05) is 0 Å². The number of benzene rings is 1. The van der Waals surface area contributed by atoms with Crippen LogP contribution >= 0.6 is 0 Å². The molecule has 3 rings (SSSR count). The molecule has 2 aromatic heterocycles. The summed E-state index contributed by atoms with van der Waals surface area (Å²) in [7, 11) is 0. The lowest BCUT2D eigenvalue weighted by molar-refractivity contribution is 0.0931. The molecule has 7 nitrogen and oxygen atoms in total. The molecular formula is C17H16FN5O2. The predicted molar refractivity (Wildman–Crippen MR) is 87.1 cm³/mol. The van der Waals surface area contributed by atoms with E-state index in [2.05, 4.69) is 25.4 Å². The zero-order chi connectivity index (χ0) is 18.0. The number of carbonyl (C=O) groups excluding carboxylic acids is 1. The van der Waals surface area contributed by atoms with Crippen LogP contribution in [0.2, 0.25) is 0 Å². The van der Waals surface area contributed by atoms with Gasteiger partial charge in [0.25, 0.3) is 5.91 Å². The smallest absolute Gasteiger partial charge is 0.255 e. The second-order valence-electron chi connectivity index (χ2n) is 5.58. The van der Waals surface area contributed by atoms with Crippen LogP contribution in [-0.4, -0.2) is 26.0 Å². The molecule has 0 spiro atoms. The number of aromatic nitrogens is 4. The van der Waals surface area contributed by atoms with Gasteiger partial charge in [0, 0.05) is 11.8 Å². The van der Waals surface area contributed by atoms with Crippen LogP contribution in [0.3, 0.4) is 0 Å². The zero-order valence-corrected chi connectivity index (χ0v) is 13.9. The maximum Gasteiger partial charge on any atom is 0.255 e. The van der Waals surface area contributed by atoms with Crippen LogP contribution in [-0.2, 0) is 0 Å². The summed E-state index contributed by atoms with van der Waals surface area (Å²) >= 11 is 0. The van der Waals surface area contributed by atoms with Crippen molar-refractivity contribution < 1.29 is 13.7 Å². The average molecular weight is 341 g/mol. The summed E-state index contributed by atoms with van der Waals surface area (Å²) < 4.78 is 18.5. The largest absolute Gasteiger partial charge is 0.340 e. The van der Waals surface area contributed by atoms with Crippen molar-refractivity contribution in [2.45, 2.75) is 26.8 Å². The van der Waals surface area contributed by atoms with Crippen LogP contribution in [0.5, 0.6) is 0 Å². The molecule has 0 radical (unpaired) electrons. The number of hydrogen-bond acceptors (Lipinski definition) is 6. The van der Waals surface area contributed by atoms with Crippen LogP contribution in [0.1, 0.15) is 40.7 Å². The Kier molecular flexibility index (Phi) is 4.51. The van der Waals surface area contributed by atoms with Gasteiger partial charge in [-0.05, 0) is 32.9 Å². The molecule has 1 atom stereocenters. The molecule has 0 saturated heterocycles. The van der Waals surface area contributed by atoms with Crippen molar-refractivity contribution in [2.24, 2.45) is 0 Å². The number of hydrogen-bond donors (Lipinski definition) is 1. The van der Waals surface area contributed by atoms with E-state index in [0.717, 1.165) is 0 Å². The van der Waals surface area contributed by atoms with Crippen molar-refractivity contribution in [3.8, 4) is 11.4 Å². The molecule has 0 bridgehead atoms. The molecule has 0 aliphatic heterocycles. The Balaban J connectivity index is 1.75. The first kappa shape index (κ1) is 16.7. The molecule has 1 unspecified atom stereocenters. The van der Waals surface area contributed by atoms with Crippen molar-refractivity contribution >= 4 is 5.91 Å². The maximum absolute atomic E-state index is 13.3. The van der Waals surface area contributed by atoms with Gasteiger partial charge in [-0.3, -0.25) is 4.79 Å². The topological polar surface area (TPSA) is 93.8 Å². The summed E-state index contributed by atoms with van der Waals surface area (Å²) in [6.45, 7) is 5.21. The van der Waals surface area contributed by atoms with Gasteiger partial charge in [0.15, 0.2) is 0 Å². The van der Waals surface area contributed by atoms with Crippen LogP contribution in [0.4, 0.5) is 4.39 Å². The van der Waals surface area contributed by atoms with Crippen molar-refractivity contribution in [1.29, 1.82) is 0 Å². The Morgan fingerprint density at radius 3 is 2.80 bits per heavy atom. The van der Waals surface area contributed by atoms with E-state index in [4.69, 9.17) is 4.52 Å². The fourth-order valence-electron chi connectivity index (χ4n) is 2.30. The SMILES string of the molecule is Cc1ncc(C(=O)NC(C)c2nc(-c3cccc(F)c3)no2)c(C)n1. The second-order valence-corrected chi connectivity index (χ2v) is 5.58. The highest BCUT2D eigenvalue weighted by molar-refractivity contribution is 5.95. The first-order valence-corrected chi connectivity index (χ1v) is 7.64. The molecule has 128 valence electrons. The Bertz CT molecular complexity index is 925. The maximum atomic E-state index is 13.3. The van der Waals surface area contributed by atoms with E-state index >= 15 is 0 Å². The number of amides is 1. The minimum atomic E-state index is -0.525. The molecule has 8 heteroatoms. The molecule has 0 saturated carbocycles. The van der Waals surface area contributed by atoms with Gasteiger partial charge >= 0.3 is 0 Å². The number of aryl methyl sites for hydroxylation is 2. The van der Waals surface area contributed by atoms with Crippen molar-refractivity contribution in [3.63, 3.8) is 0 Å². The highest BCUT2D eigenvalue weighted by Crippen LogP contribution is 2.19. The number of rotatable bonds is 4. The quantitative estimate of drug-likeness (QED) is 0.784. The number of nitrogens with zero attached hydrogens (tertiary/aromatic N) is 4. The lowest BCUT2D eigenvalue weighted by Crippen LogP contribution is -2.28. The molecule has 0 fully saturated rings. The third-order valence-electron chi connectivity index (χ3n) is 3.59. The normalized spacial score (nSPS) is 12.0. The van der Waals surface area contributed by atoms with Crippen LogP contribution in [0, 0.1) is 19.7 Å². The number of nitrogens with one attached hydrogen (secondary N) is 1. The molecule has 0 aliphatic rings. The standard InChI is InChI=1S/C17H16FN5O2/c1-9-14(8-19-11(3)20-9)16(24)21-10(2)17-22-15(23-25-17)12-5-4-6-13(18)7-12/h4-8,10H,1-3H3,(H,21,24). The van der Waals surface area contributed by atoms with E-state index in [1.54, 1.807) is 32.9 Å². The molecule has 1 amide bonds. The van der Waals surface area contributed by atoms with Crippen LogP contribution in [0.15, 0.2) is 35.0 Å². The molecule has 2 heterocycles. The fraction of sp³-hybridized carbons (Fsp3) is 0.235. The minimum Gasteiger partial charge on any atom is -0.340 e. The third-order valence-corrected chi connectivity index (χ3v) is 3.59. The van der Waals surface area contributed by atoms with Crippen molar-refractivity contribution in [2.75, 3.05) is 0 Å². The van der Waals surface area contributed by atoms with Crippen LogP contribution < -0.4 is 5.32 Å². The summed E-state index contributed by atoms with van der Waals surface area (Å²) in [5.74, 6) is 0.345. The van der Waals surface area contributed by atoms with E-state index in [0.29, 0.717) is 22.6 Å². The monoisotopic (exact) mass is 341 g/mol. The van der Waals surface area contributed by atoms with Gasteiger partial charge in [0.05, 0.1) is 11.3 Å². The van der Waals surface area contributed by atoms with Gasteiger partial charge < -0.3 is 9.84 Å². The van der Waals surface area contributed by atoms with Crippen molar-refractivity contribution in [3.05, 3.63) is 59.3 Å². The first-order chi connectivity index (χ1) is 11.9. The van der Waals surface area contributed by atoms with Crippen molar-refractivity contribution in [1.82, 2.24) is 25.4 Å². The number of carbonyl (C=O) groups is 1. The third kappa shape index (κ3) is 3.68. The average Bonchev–Trinajstić information content (AvgIpc) is 3.04. The first-order valence-electron chi connectivity index (χ1n) is 7.64. The summed E-state index contributed by atoms with van der Waals surface area (Å²) in [6, 6.07) is 5.35. The summed E-state index contributed by atoms with van der Waals surface area (Å²) in [5.41, 5.74) is 1.46. The van der Waals surface area contributed by atoms with Gasteiger partial charge in [-0.25, -0.2) is 14.4 Å². The zero-order valence-electron chi connectivity index (χ0n) is 13.9. The van der Waals surface area contributed by atoms with E-state index in [-0.39, 0.29) is 23.4 Å². The van der Waals surface area contributed by atoms with Gasteiger partial charge in [0.1, 0.15) is 17.7 Å². The fourth-order valence-corrected chi connectivity index (χ4v) is 2.30.